The van der Waals surface area contributed by atoms with Crippen molar-refractivity contribution in [1.82, 2.24) is 19.6 Å². The Kier molecular flexibility index (Phi) is 6.50. The lowest BCUT2D eigenvalue weighted by Gasteiger charge is -2.32. The first-order chi connectivity index (χ1) is 16.4. The first-order valence-corrected chi connectivity index (χ1v) is 12.9. The third kappa shape index (κ3) is 4.39. The highest BCUT2D eigenvalue weighted by Crippen LogP contribution is 2.38. The van der Waals surface area contributed by atoms with Gasteiger partial charge in [0, 0.05) is 54.1 Å². The van der Waals surface area contributed by atoms with E-state index in [4.69, 9.17) is 22.1 Å². The minimum Gasteiger partial charge on any atom is -0.492 e. The second-order valence-corrected chi connectivity index (χ2v) is 10.2. The van der Waals surface area contributed by atoms with Crippen LogP contribution in [0.4, 0.5) is 5.69 Å². The molecule has 1 aromatic carbocycles. The highest BCUT2D eigenvalue weighted by molar-refractivity contribution is 7.15. The van der Waals surface area contributed by atoms with Gasteiger partial charge in [-0.05, 0) is 45.1 Å². The van der Waals surface area contributed by atoms with Crippen LogP contribution in [-0.4, -0.2) is 52.5 Å². The molecule has 0 saturated carbocycles. The molecule has 1 fully saturated rings. The molecular formula is C24H28ClN5O3S. The number of hydrogen-bond acceptors (Lipinski definition) is 7. The average molecular weight is 502 g/mol. The first kappa shape index (κ1) is 23.1. The van der Waals surface area contributed by atoms with E-state index in [2.05, 4.69) is 15.2 Å². The van der Waals surface area contributed by atoms with Crippen molar-refractivity contribution in [2.75, 3.05) is 32.0 Å². The summed E-state index contributed by atoms with van der Waals surface area (Å²) in [5.74, 6) is 0.401. The van der Waals surface area contributed by atoms with Crippen LogP contribution in [0.3, 0.4) is 0 Å². The summed E-state index contributed by atoms with van der Waals surface area (Å²) in [5, 5.41) is 5.43. The average Bonchev–Trinajstić information content (AvgIpc) is 3.31. The molecule has 180 valence electrons. The number of piperidine rings is 1. The summed E-state index contributed by atoms with van der Waals surface area (Å²) in [4.78, 5) is 33.5. The number of carbonyl (C=O) groups excluding carboxylic acids is 1. The van der Waals surface area contributed by atoms with Crippen molar-refractivity contribution >= 4 is 39.5 Å². The van der Waals surface area contributed by atoms with Crippen molar-refractivity contribution in [3.63, 3.8) is 0 Å². The quantitative estimate of drug-likeness (QED) is 0.521. The molecule has 0 radical (unpaired) electrons. The lowest BCUT2D eigenvalue weighted by Crippen LogP contribution is -2.45. The van der Waals surface area contributed by atoms with Crippen LogP contribution in [-0.2, 0) is 12.8 Å². The number of likely N-dealkylation sites (tertiary alicyclic amines) is 1. The normalized spacial score (nSPS) is 16.9. The number of halogens is 1. The number of aryl methyl sites for hydroxylation is 1. The van der Waals surface area contributed by atoms with E-state index in [0.717, 1.165) is 67.1 Å². The van der Waals surface area contributed by atoms with E-state index in [0.29, 0.717) is 35.1 Å². The lowest BCUT2D eigenvalue weighted by atomic mass is 9.98. The molecule has 2 aromatic heterocycles. The van der Waals surface area contributed by atoms with Crippen LogP contribution in [0.1, 0.15) is 46.4 Å². The summed E-state index contributed by atoms with van der Waals surface area (Å²) in [7, 11) is 0. The van der Waals surface area contributed by atoms with Crippen LogP contribution in [0, 0.1) is 6.92 Å². The number of ether oxygens (including phenoxy) is 1. The van der Waals surface area contributed by atoms with Crippen LogP contribution in [0.15, 0.2) is 22.4 Å². The molecule has 3 aromatic rings. The number of anilines is 1. The molecule has 8 nitrogen and oxygen atoms in total. The van der Waals surface area contributed by atoms with Gasteiger partial charge in [-0.15, -0.1) is 11.3 Å². The summed E-state index contributed by atoms with van der Waals surface area (Å²) in [6.07, 6.45) is 5.76. The minimum absolute atomic E-state index is 0.0265. The molecule has 1 saturated heterocycles. The molecule has 0 aliphatic carbocycles. The van der Waals surface area contributed by atoms with Gasteiger partial charge in [-0.2, -0.15) is 0 Å². The number of amides is 1. The predicted molar refractivity (Wildman–Crippen MR) is 134 cm³/mol. The third-order valence-electron chi connectivity index (χ3n) is 6.80. The Hall–Kier alpha value is -2.62. The number of nitrogens with one attached hydrogen (secondary N) is 1. The van der Waals surface area contributed by atoms with Crippen LogP contribution < -0.4 is 21.3 Å². The van der Waals surface area contributed by atoms with Crippen LogP contribution in [0.5, 0.6) is 5.75 Å². The fourth-order valence-electron chi connectivity index (χ4n) is 4.84. The number of nitrogens with two attached hydrogens (primary N) is 1. The fraction of sp³-hybridized carbons (Fsp3) is 0.458. The van der Waals surface area contributed by atoms with E-state index in [9.17, 15) is 9.59 Å². The molecule has 2 aliphatic heterocycles. The number of hydrogen-bond donors (Lipinski definition) is 2. The maximum Gasteiger partial charge on any atom is 0.261 e. The molecule has 34 heavy (non-hydrogen) atoms. The lowest BCUT2D eigenvalue weighted by molar-refractivity contribution is 0.0906. The van der Waals surface area contributed by atoms with Crippen molar-refractivity contribution in [1.29, 1.82) is 0 Å². The van der Waals surface area contributed by atoms with Gasteiger partial charge in [0.2, 0.25) is 0 Å². The van der Waals surface area contributed by atoms with E-state index >= 15 is 0 Å². The van der Waals surface area contributed by atoms with Gasteiger partial charge in [0.05, 0.1) is 22.9 Å². The van der Waals surface area contributed by atoms with Gasteiger partial charge in [-0.1, -0.05) is 11.6 Å². The Morgan fingerprint density at radius 3 is 2.97 bits per heavy atom. The number of fused-ring (bicyclic) bond motifs is 2. The molecular weight excluding hydrogens is 474 g/mol. The fourth-order valence-corrected chi connectivity index (χ4v) is 5.82. The predicted octanol–water partition coefficient (Wildman–Crippen LogP) is 3.06. The van der Waals surface area contributed by atoms with Gasteiger partial charge >= 0.3 is 0 Å². The molecule has 0 bridgehead atoms. The van der Waals surface area contributed by atoms with Crippen LogP contribution in [0.25, 0.3) is 4.96 Å². The Morgan fingerprint density at radius 1 is 1.38 bits per heavy atom. The largest absolute Gasteiger partial charge is 0.492 e. The number of thiazole rings is 1. The number of benzene rings is 1. The van der Waals surface area contributed by atoms with Gasteiger partial charge in [-0.25, -0.2) is 4.98 Å². The zero-order chi connectivity index (χ0) is 23.8. The molecule has 10 heteroatoms. The van der Waals surface area contributed by atoms with Crippen LogP contribution in [0.2, 0.25) is 5.02 Å². The Labute approximate surface area is 206 Å². The van der Waals surface area contributed by atoms with E-state index < -0.39 is 0 Å². The Bertz CT molecular complexity index is 1300. The third-order valence-corrected chi connectivity index (χ3v) is 7.87. The van der Waals surface area contributed by atoms with Crippen LogP contribution >= 0.6 is 22.9 Å². The monoisotopic (exact) mass is 501 g/mol. The van der Waals surface area contributed by atoms with E-state index in [1.165, 1.54) is 11.3 Å². The summed E-state index contributed by atoms with van der Waals surface area (Å²) in [5.41, 5.74) is 9.52. The topological polar surface area (TPSA) is 102 Å². The molecule has 0 spiro atoms. The zero-order valence-corrected chi connectivity index (χ0v) is 20.7. The molecule has 0 unspecified atom stereocenters. The van der Waals surface area contributed by atoms with E-state index in [-0.39, 0.29) is 17.5 Å². The van der Waals surface area contributed by atoms with Gasteiger partial charge in [0.1, 0.15) is 5.75 Å². The summed E-state index contributed by atoms with van der Waals surface area (Å²) >= 11 is 7.76. The van der Waals surface area contributed by atoms with E-state index in [1.54, 1.807) is 16.7 Å². The highest BCUT2D eigenvalue weighted by atomic mass is 35.5. The number of nitrogens with zero attached hydrogens (tertiary/aromatic N) is 3. The van der Waals surface area contributed by atoms with Crippen molar-refractivity contribution in [3.8, 4) is 5.75 Å². The number of aromatic nitrogens is 2. The number of nitrogen functional groups attached to an aromatic ring is 1. The smallest absolute Gasteiger partial charge is 0.261 e. The molecule has 3 N–H and O–H groups in total. The highest BCUT2D eigenvalue weighted by Gasteiger charge is 2.27. The Morgan fingerprint density at radius 2 is 2.18 bits per heavy atom. The zero-order valence-electron chi connectivity index (χ0n) is 19.1. The molecule has 2 aliphatic rings. The van der Waals surface area contributed by atoms with Gasteiger partial charge in [-0.3, -0.25) is 14.0 Å². The molecule has 5 rings (SSSR count). The van der Waals surface area contributed by atoms with Crippen molar-refractivity contribution in [3.05, 3.63) is 55.4 Å². The maximum atomic E-state index is 13.1. The summed E-state index contributed by atoms with van der Waals surface area (Å²) in [6, 6.07) is 1.69. The minimum atomic E-state index is -0.169. The van der Waals surface area contributed by atoms with Crippen molar-refractivity contribution in [2.45, 2.75) is 45.1 Å². The summed E-state index contributed by atoms with van der Waals surface area (Å²) < 4.78 is 7.42. The maximum absolute atomic E-state index is 13.1. The summed E-state index contributed by atoms with van der Waals surface area (Å²) in [6.45, 7) is 4.99. The van der Waals surface area contributed by atoms with E-state index in [1.807, 2.05) is 12.3 Å². The SMILES string of the molecule is Cc1nc2sccn2c(=O)c1CCN1CCC(NC(=O)c2cc(Cl)c(N)c3c2OCCC3)CC1. The second-order valence-electron chi connectivity index (χ2n) is 8.96. The number of rotatable bonds is 5. The van der Waals surface area contributed by atoms with Gasteiger partial charge < -0.3 is 20.7 Å². The van der Waals surface area contributed by atoms with Crippen molar-refractivity contribution < 1.29 is 9.53 Å². The standard InChI is InChI=1S/C24H28ClN5O3S/c1-14-16(23(32)30-10-12-34-24(30)27-14)6-9-29-7-4-15(5-8-29)28-22(31)18-13-19(25)20(26)17-3-2-11-33-21(17)18/h10,12-13,15H,2-9,11,26H2,1H3,(H,28,31). The molecule has 4 heterocycles. The molecule has 1 amide bonds. The Balaban J connectivity index is 1.19. The van der Waals surface area contributed by atoms with Gasteiger partial charge in [0.15, 0.2) is 4.96 Å². The van der Waals surface area contributed by atoms with Gasteiger partial charge in [0.25, 0.3) is 11.5 Å². The molecule has 0 atom stereocenters. The second kappa shape index (κ2) is 9.56. The first-order valence-electron chi connectivity index (χ1n) is 11.6. The number of carbonyl (C=O) groups is 1. The van der Waals surface area contributed by atoms with Crippen molar-refractivity contribution in [2.24, 2.45) is 0 Å².